The van der Waals surface area contributed by atoms with Crippen LogP contribution in [0.4, 0.5) is 0 Å². The molecule has 0 bridgehead atoms. The van der Waals surface area contributed by atoms with Gasteiger partial charge in [-0.05, 0) is 67.6 Å². The first kappa shape index (κ1) is 40.1. The Labute approximate surface area is 310 Å². The van der Waals surface area contributed by atoms with Gasteiger partial charge in [-0.25, -0.2) is 4.57 Å². The molecule has 2 saturated heterocycles. The highest BCUT2D eigenvalue weighted by molar-refractivity contribution is 7.48. The van der Waals surface area contributed by atoms with Crippen LogP contribution in [0.1, 0.15) is 49.8 Å². The van der Waals surface area contributed by atoms with Crippen LogP contribution in [-0.4, -0.2) is 99.3 Å². The van der Waals surface area contributed by atoms with Crippen molar-refractivity contribution in [1.82, 2.24) is 0 Å². The summed E-state index contributed by atoms with van der Waals surface area (Å²) in [6.07, 6.45) is -2.03. The van der Waals surface area contributed by atoms with Crippen molar-refractivity contribution >= 4 is 30.6 Å². The Bertz CT molecular complexity index is 1580. The lowest BCUT2D eigenvalue weighted by Crippen LogP contribution is -2.38. The molecule has 3 unspecified atom stereocenters. The summed E-state index contributed by atoms with van der Waals surface area (Å²) in [5, 5.41) is 9.17. The van der Waals surface area contributed by atoms with E-state index in [-0.39, 0.29) is 44.9 Å². The second-order valence-electron chi connectivity index (χ2n) is 12.8. The maximum absolute atomic E-state index is 14.3. The summed E-state index contributed by atoms with van der Waals surface area (Å²) in [7, 11) is 12.3. The lowest BCUT2D eigenvalue weighted by atomic mass is 9.51. The van der Waals surface area contributed by atoms with Crippen molar-refractivity contribution in [3.05, 3.63) is 95.6 Å². The summed E-state index contributed by atoms with van der Waals surface area (Å²) < 4.78 is 68.1. The number of hydrogen-bond donors (Lipinski definition) is 0. The van der Waals surface area contributed by atoms with Gasteiger partial charge in [0, 0.05) is 19.7 Å². The minimum atomic E-state index is -4.31. The van der Waals surface area contributed by atoms with Gasteiger partial charge in [0.1, 0.15) is 37.2 Å². The number of hydrogen-bond acceptors (Lipinski definition) is 11. The van der Waals surface area contributed by atoms with Gasteiger partial charge in [-0.15, -0.1) is 0 Å². The van der Waals surface area contributed by atoms with Crippen molar-refractivity contribution in [3.8, 4) is 17.6 Å². The summed E-state index contributed by atoms with van der Waals surface area (Å²) >= 11 is 0. The Balaban J connectivity index is 1.45. The van der Waals surface area contributed by atoms with Gasteiger partial charge in [-0.3, -0.25) is 13.6 Å². The SMILES string of the molecule is [B][B][C@H]1CC(OP(=O)(OCCC#N)OC[C@H]2O[C@@H]([B])CC2OC(C)C)[C@@H](COC(c2ccccc2)(c2ccc(OC)cc2)c2ccc(OC)cc2)O1. The van der Waals surface area contributed by atoms with Gasteiger partial charge < -0.3 is 28.4 Å². The fraction of sp³-hybridized carbons (Fsp3) is 0.486. The van der Waals surface area contributed by atoms with E-state index in [1.807, 2.05) is 98.8 Å². The Hall–Kier alpha value is -3.11. The van der Waals surface area contributed by atoms with E-state index in [0.29, 0.717) is 17.9 Å². The number of methoxy groups -OCH3 is 2. The smallest absolute Gasteiger partial charge is 0.475 e. The van der Waals surface area contributed by atoms with Crippen molar-refractivity contribution < 1.29 is 46.6 Å². The fourth-order valence-electron chi connectivity index (χ4n) is 6.43. The van der Waals surface area contributed by atoms with Crippen molar-refractivity contribution in [2.24, 2.45) is 0 Å². The average molecular weight is 726 g/mol. The van der Waals surface area contributed by atoms with Crippen molar-refractivity contribution in [1.29, 1.82) is 5.26 Å². The number of phosphoric acid groups is 1. The average Bonchev–Trinajstić information content (AvgIpc) is 3.72. The molecule has 271 valence electrons. The van der Waals surface area contributed by atoms with Crippen LogP contribution in [0.25, 0.3) is 0 Å². The Morgan fingerprint density at radius 3 is 2.02 bits per heavy atom. The molecule has 0 spiro atoms. The zero-order chi connectivity index (χ0) is 37.1. The van der Waals surface area contributed by atoms with E-state index < -0.39 is 43.7 Å². The number of rotatable bonds is 19. The highest BCUT2D eigenvalue weighted by atomic mass is 31.2. The predicted octanol–water partition coefficient (Wildman–Crippen LogP) is 5.43. The van der Waals surface area contributed by atoms with Crippen LogP contribution in [0.2, 0.25) is 0 Å². The molecule has 15 heteroatoms. The largest absolute Gasteiger partial charge is 0.497 e. The first-order valence-electron chi connectivity index (χ1n) is 17.3. The Morgan fingerprint density at radius 1 is 0.865 bits per heavy atom. The molecule has 7 atom stereocenters. The van der Waals surface area contributed by atoms with Crippen molar-refractivity contribution in [3.63, 3.8) is 0 Å². The molecule has 0 amide bonds. The standard InChI is InChI=1S/C37H44B3NO10P/c1-25(2)48-31-21-35(38)49-34(31)24-47-52(42,46-20-8-19-41)51-32-22-36(40-39)50-33(32)23-45-37(26-9-6-5-7-10-26,27-11-15-29(43-3)16-12-27)28-13-17-30(44-4)18-14-28/h5-7,9-18,25,31-36H,8,20-24H2,1-4H3/t31?,32?,33-,34-,35-,36-,52?/m1/s1. The van der Waals surface area contributed by atoms with Gasteiger partial charge in [0.2, 0.25) is 0 Å². The van der Waals surface area contributed by atoms with Crippen LogP contribution < -0.4 is 9.47 Å². The van der Waals surface area contributed by atoms with Crippen LogP contribution >= 0.6 is 7.82 Å². The summed E-state index contributed by atoms with van der Waals surface area (Å²) in [6, 6.07) is 26.0. The molecular weight excluding hydrogens is 682 g/mol. The Kier molecular flexibility index (Phi) is 14.5. The molecule has 0 aromatic heterocycles. The minimum Gasteiger partial charge on any atom is -0.497 e. The van der Waals surface area contributed by atoms with E-state index in [4.69, 9.17) is 57.6 Å². The van der Waals surface area contributed by atoms with Gasteiger partial charge in [-0.1, -0.05) is 54.6 Å². The molecule has 52 heavy (non-hydrogen) atoms. The lowest BCUT2D eigenvalue weighted by Gasteiger charge is -2.37. The monoisotopic (exact) mass is 726 g/mol. The number of benzene rings is 3. The molecule has 0 N–H and O–H groups in total. The van der Waals surface area contributed by atoms with Crippen LogP contribution in [-0.2, 0) is 42.7 Å². The van der Waals surface area contributed by atoms with Crippen molar-refractivity contribution in [2.45, 2.75) is 81.2 Å². The van der Waals surface area contributed by atoms with Crippen LogP contribution in [0.3, 0.4) is 0 Å². The van der Waals surface area contributed by atoms with Crippen LogP contribution in [0.15, 0.2) is 78.9 Å². The van der Waals surface area contributed by atoms with E-state index in [1.54, 1.807) is 14.2 Å². The van der Waals surface area contributed by atoms with Crippen LogP contribution in [0, 0.1) is 11.3 Å². The van der Waals surface area contributed by atoms with E-state index in [9.17, 15) is 9.83 Å². The van der Waals surface area contributed by atoms with E-state index in [2.05, 4.69) is 0 Å². The molecule has 5 rings (SSSR count). The summed E-state index contributed by atoms with van der Waals surface area (Å²) in [4.78, 5) is 0. The second-order valence-corrected chi connectivity index (χ2v) is 14.4. The number of nitrogens with zero attached hydrogens (tertiary/aromatic N) is 1. The van der Waals surface area contributed by atoms with Gasteiger partial charge in [0.05, 0.1) is 72.0 Å². The molecule has 3 aromatic rings. The van der Waals surface area contributed by atoms with Gasteiger partial charge in [0.15, 0.2) is 0 Å². The maximum atomic E-state index is 14.3. The third-order valence-corrected chi connectivity index (χ3v) is 10.4. The normalized spacial score (nSPS) is 24.3. The van der Waals surface area contributed by atoms with Crippen molar-refractivity contribution in [2.75, 3.05) is 34.0 Å². The fourth-order valence-corrected chi connectivity index (χ4v) is 7.83. The molecule has 2 aliphatic rings. The van der Waals surface area contributed by atoms with Gasteiger partial charge >= 0.3 is 7.82 Å². The number of nitriles is 1. The molecule has 0 saturated carbocycles. The first-order valence-corrected chi connectivity index (χ1v) is 18.8. The van der Waals surface area contributed by atoms with Gasteiger partial charge in [-0.2, -0.15) is 5.26 Å². The third kappa shape index (κ3) is 9.90. The minimum absolute atomic E-state index is 0.0228. The van der Waals surface area contributed by atoms with E-state index in [1.165, 1.54) is 7.17 Å². The topological polar surface area (TPSA) is 124 Å². The first-order chi connectivity index (χ1) is 25.1. The Morgan fingerprint density at radius 2 is 1.46 bits per heavy atom. The highest BCUT2D eigenvalue weighted by Gasteiger charge is 2.46. The predicted molar refractivity (Wildman–Crippen MR) is 197 cm³/mol. The van der Waals surface area contributed by atoms with E-state index in [0.717, 1.165) is 16.7 Å². The third-order valence-electron chi connectivity index (χ3n) is 8.88. The molecule has 5 radical (unpaired) electrons. The van der Waals surface area contributed by atoms with Crippen LogP contribution in [0.5, 0.6) is 11.5 Å². The maximum Gasteiger partial charge on any atom is 0.475 e. The quantitative estimate of drug-likeness (QED) is 0.0680. The summed E-state index contributed by atoms with van der Waals surface area (Å²) in [5.74, 6) is 1.38. The molecule has 0 aliphatic carbocycles. The zero-order valence-electron chi connectivity index (χ0n) is 30.0. The number of phosphoric ester groups is 1. The highest BCUT2D eigenvalue weighted by Crippen LogP contribution is 2.53. The summed E-state index contributed by atoms with van der Waals surface area (Å²) in [6.45, 7) is 3.43. The van der Waals surface area contributed by atoms with E-state index >= 15 is 0 Å². The molecule has 2 aliphatic heterocycles. The molecule has 2 heterocycles. The molecular formula is C37H44B3NO10P. The van der Waals surface area contributed by atoms with Gasteiger partial charge in [0.25, 0.3) is 0 Å². The second kappa shape index (κ2) is 18.8. The number of ether oxygens (including phenoxy) is 6. The molecule has 11 nitrogen and oxygen atoms in total. The molecule has 3 aromatic carbocycles. The lowest BCUT2D eigenvalue weighted by molar-refractivity contribution is -0.0793. The zero-order valence-corrected chi connectivity index (χ0v) is 30.9. The summed E-state index contributed by atoms with van der Waals surface area (Å²) in [5.41, 5.74) is 1.35. The molecule has 2 fully saturated rings.